The third kappa shape index (κ3) is 6.50. The molecule has 0 radical (unpaired) electrons. The molecule has 0 fully saturated rings. The molecule has 4 aromatic rings. The van der Waals surface area contributed by atoms with Crippen LogP contribution in [-0.2, 0) is 4.79 Å². The van der Waals surface area contributed by atoms with Crippen LogP contribution in [0.2, 0.25) is 0 Å². The van der Waals surface area contributed by atoms with Gasteiger partial charge in [-0.25, -0.2) is 4.79 Å². The highest BCUT2D eigenvalue weighted by atomic mass is 16.5. The quantitative estimate of drug-likeness (QED) is 0.126. The van der Waals surface area contributed by atoms with E-state index in [0.717, 1.165) is 22.4 Å². The highest BCUT2D eigenvalue weighted by Crippen LogP contribution is 2.26. The molecule has 6 heteroatoms. The smallest absolute Gasteiger partial charge is 0.336 e. The number of methoxy groups -OCH3 is 1. The normalized spacial score (nSPS) is 10.9. The number of carbonyl (C=O) groups excluding carboxylic acids is 1. The Bertz CT molecular complexity index is 1380. The second kappa shape index (κ2) is 11.2. The summed E-state index contributed by atoms with van der Waals surface area (Å²) in [5.74, 6) is 0.767. The molecular weight excluding hydrogens is 438 g/mol. The second-order valence-electron chi connectivity index (χ2n) is 7.46. The molecule has 0 bridgehead atoms. The van der Waals surface area contributed by atoms with Crippen molar-refractivity contribution in [2.24, 2.45) is 10.2 Å². The fraction of sp³-hybridized carbons (Fsp3) is 0.0345. The molecule has 4 aromatic carbocycles. The number of benzene rings is 4. The fourth-order valence-electron chi connectivity index (χ4n) is 3.18. The molecule has 0 saturated carbocycles. The van der Waals surface area contributed by atoms with Crippen molar-refractivity contribution < 1.29 is 14.3 Å². The van der Waals surface area contributed by atoms with E-state index < -0.39 is 5.97 Å². The molecule has 0 saturated heterocycles. The molecule has 0 aromatic heterocycles. The molecule has 6 nitrogen and oxygen atoms in total. The van der Waals surface area contributed by atoms with Crippen molar-refractivity contribution in [3.05, 3.63) is 114 Å². The van der Waals surface area contributed by atoms with Gasteiger partial charge >= 0.3 is 5.97 Å². The van der Waals surface area contributed by atoms with Gasteiger partial charge in [0.05, 0.1) is 30.1 Å². The van der Waals surface area contributed by atoms with Crippen LogP contribution < -0.4 is 9.47 Å². The summed E-state index contributed by atoms with van der Waals surface area (Å²) in [4.78, 5) is 12.1. The summed E-state index contributed by atoms with van der Waals surface area (Å²) in [6, 6.07) is 31.3. The topological polar surface area (TPSA) is 84.0 Å². The molecule has 0 unspecified atom stereocenters. The maximum atomic E-state index is 12.1. The number of rotatable bonds is 7. The van der Waals surface area contributed by atoms with Crippen LogP contribution in [-0.4, -0.2) is 13.1 Å². The van der Waals surface area contributed by atoms with Crippen molar-refractivity contribution in [3.63, 3.8) is 0 Å². The van der Waals surface area contributed by atoms with Gasteiger partial charge in [-0.2, -0.15) is 15.5 Å². The molecule has 170 valence electrons. The number of ether oxygens (including phenoxy) is 2. The van der Waals surface area contributed by atoms with Crippen molar-refractivity contribution >= 4 is 23.4 Å². The molecule has 0 amide bonds. The van der Waals surface area contributed by atoms with Gasteiger partial charge in [0.1, 0.15) is 11.5 Å². The highest BCUT2D eigenvalue weighted by molar-refractivity contribution is 5.88. The lowest BCUT2D eigenvalue weighted by atomic mass is 10.1. The number of carbonyl (C=O) groups is 1. The van der Waals surface area contributed by atoms with Gasteiger partial charge < -0.3 is 9.47 Å². The Morgan fingerprint density at radius 2 is 1.26 bits per heavy atom. The first-order valence-electron chi connectivity index (χ1n) is 10.8. The third-order valence-electron chi connectivity index (χ3n) is 5.08. The monoisotopic (exact) mass is 459 g/mol. The fourth-order valence-corrected chi connectivity index (χ4v) is 3.18. The Labute approximate surface area is 203 Å². The van der Waals surface area contributed by atoms with Gasteiger partial charge in [0, 0.05) is 6.08 Å². The van der Waals surface area contributed by atoms with Gasteiger partial charge in [-0.3, -0.25) is 0 Å². The lowest BCUT2D eigenvalue weighted by Crippen LogP contribution is -2.03. The van der Waals surface area contributed by atoms with Crippen LogP contribution in [0.15, 0.2) is 113 Å². The van der Waals surface area contributed by atoms with Crippen LogP contribution in [0.25, 0.3) is 17.2 Å². The lowest BCUT2D eigenvalue weighted by molar-refractivity contribution is -0.128. The predicted molar refractivity (Wildman–Crippen MR) is 135 cm³/mol. The van der Waals surface area contributed by atoms with Crippen molar-refractivity contribution in [3.8, 4) is 28.7 Å². The Hall–Kier alpha value is -5.02. The Kier molecular flexibility index (Phi) is 7.42. The summed E-state index contributed by atoms with van der Waals surface area (Å²) < 4.78 is 10.5. The summed E-state index contributed by atoms with van der Waals surface area (Å²) in [7, 11) is 1.61. The average Bonchev–Trinajstić information content (AvgIpc) is 2.92. The van der Waals surface area contributed by atoms with Crippen molar-refractivity contribution in [1.82, 2.24) is 0 Å². The van der Waals surface area contributed by atoms with E-state index in [1.165, 1.54) is 6.08 Å². The summed E-state index contributed by atoms with van der Waals surface area (Å²) in [6.45, 7) is 0. The number of nitriles is 1. The summed E-state index contributed by atoms with van der Waals surface area (Å²) in [5, 5.41) is 17.3. The van der Waals surface area contributed by atoms with E-state index in [-0.39, 0.29) is 0 Å². The van der Waals surface area contributed by atoms with Gasteiger partial charge in [0.2, 0.25) is 0 Å². The molecule has 0 aliphatic carbocycles. The predicted octanol–water partition coefficient (Wildman–Crippen LogP) is 7.27. The van der Waals surface area contributed by atoms with E-state index in [1.807, 2.05) is 60.7 Å². The number of nitrogens with zero attached hydrogens (tertiary/aromatic N) is 3. The number of esters is 1. The van der Waals surface area contributed by atoms with Crippen molar-refractivity contribution in [1.29, 1.82) is 5.26 Å². The van der Waals surface area contributed by atoms with Gasteiger partial charge in [-0.15, -0.1) is 0 Å². The van der Waals surface area contributed by atoms with Crippen LogP contribution >= 0.6 is 0 Å². The minimum Gasteiger partial charge on any atom is -0.497 e. The summed E-state index contributed by atoms with van der Waals surface area (Å²) in [6.07, 6.45) is 3.08. The minimum absolute atomic E-state index is 0.453. The van der Waals surface area contributed by atoms with E-state index in [1.54, 1.807) is 49.6 Å². The van der Waals surface area contributed by atoms with Crippen LogP contribution in [0, 0.1) is 11.3 Å². The van der Waals surface area contributed by atoms with E-state index in [0.29, 0.717) is 22.7 Å². The van der Waals surface area contributed by atoms with Crippen LogP contribution in [0.4, 0.5) is 11.4 Å². The summed E-state index contributed by atoms with van der Waals surface area (Å²) in [5.41, 5.74) is 4.83. The minimum atomic E-state index is -0.453. The molecule has 0 heterocycles. The zero-order valence-electron chi connectivity index (χ0n) is 19.0. The molecule has 0 aliphatic rings. The van der Waals surface area contributed by atoms with Crippen molar-refractivity contribution in [2.75, 3.05) is 7.11 Å². The Morgan fingerprint density at radius 1 is 0.743 bits per heavy atom. The lowest BCUT2D eigenvalue weighted by Gasteiger charge is -2.05. The van der Waals surface area contributed by atoms with Crippen LogP contribution in [0.5, 0.6) is 11.5 Å². The first-order chi connectivity index (χ1) is 17.1. The van der Waals surface area contributed by atoms with Gasteiger partial charge in [-0.05, 0) is 83.4 Å². The molecule has 0 atom stereocenters. The zero-order chi connectivity index (χ0) is 24.5. The average molecular weight is 460 g/mol. The first-order valence-corrected chi connectivity index (χ1v) is 10.8. The number of hydrogen-bond donors (Lipinski definition) is 0. The largest absolute Gasteiger partial charge is 0.497 e. The second-order valence-corrected chi connectivity index (χ2v) is 7.46. The zero-order valence-corrected chi connectivity index (χ0v) is 19.0. The maximum Gasteiger partial charge on any atom is 0.336 e. The van der Waals surface area contributed by atoms with E-state index in [9.17, 15) is 4.79 Å². The third-order valence-corrected chi connectivity index (χ3v) is 5.08. The number of azo groups is 1. The van der Waals surface area contributed by atoms with E-state index in [2.05, 4.69) is 16.3 Å². The van der Waals surface area contributed by atoms with Gasteiger partial charge in [0.25, 0.3) is 0 Å². The van der Waals surface area contributed by atoms with Crippen molar-refractivity contribution in [2.45, 2.75) is 0 Å². The maximum absolute atomic E-state index is 12.1. The molecule has 0 aliphatic heterocycles. The molecular formula is C29H21N3O3. The SMILES string of the molecule is COc1ccc(/C=C/C(=O)Oc2ccc(-c3ccc(N=Nc4ccc(C#N)cc4)cc3)cc2)cc1. The Morgan fingerprint density at radius 3 is 1.80 bits per heavy atom. The molecule has 0 spiro atoms. The summed E-state index contributed by atoms with van der Waals surface area (Å²) >= 11 is 0. The van der Waals surface area contributed by atoms with Crippen LogP contribution in [0.3, 0.4) is 0 Å². The number of hydrogen-bond acceptors (Lipinski definition) is 6. The first kappa shape index (κ1) is 23.1. The molecule has 35 heavy (non-hydrogen) atoms. The van der Waals surface area contributed by atoms with Crippen LogP contribution in [0.1, 0.15) is 11.1 Å². The Balaban J connectivity index is 1.34. The molecule has 0 N–H and O–H groups in total. The molecule has 4 rings (SSSR count). The standard InChI is InChI=1S/C29H21N3O3/c1-34-27-15-4-21(5-16-27)6-19-29(33)35-28-17-9-24(10-18-28)23-7-13-26(14-8-23)32-31-25-11-2-22(20-30)3-12-25/h2-19H,1H3/b19-6+,32-31?. The van der Waals surface area contributed by atoms with Gasteiger partial charge in [0.15, 0.2) is 0 Å². The van der Waals surface area contributed by atoms with E-state index in [4.69, 9.17) is 14.7 Å². The van der Waals surface area contributed by atoms with E-state index >= 15 is 0 Å². The highest BCUT2D eigenvalue weighted by Gasteiger charge is 2.03. The van der Waals surface area contributed by atoms with Gasteiger partial charge in [-0.1, -0.05) is 36.4 Å².